The summed E-state index contributed by atoms with van der Waals surface area (Å²) < 4.78 is 0. The Labute approximate surface area is 218 Å². The molecule has 2 heterocycles. The topological polar surface area (TPSA) is 74.8 Å². The van der Waals surface area contributed by atoms with E-state index in [2.05, 4.69) is 48.4 Å². The van der Waals surface area contributed by atoms with E-state index in [4.69, 9.17) is 28.2 Å². The van der Waals surface area contributed by atoms with Crippen molar-refractivity contribution < 1.29 is 4.79 Å². The summed E-state index contributed by atoms with van der Waals surface area (Å²) in [5.41, 5.74) is 4.24. The van der Waals surface area contributed by atoms with E-state index in [1.54, 1.807) is 12.1 Å². The van der Waals surface area contributed by atoms with Crippen molar-refractivity contribution in [3.8, 4) is 0 Å². The van der Waals surface area contributed by atoms with Crippen LogP contribution < -0.4 is 10.9 Å². The Hall–Kier alpha value is -2.54. The predicted octanol–water partition coefficient (Wildman–Crippen LogP) is 6.88. The minimum absolute atomic E-state index is 0.00710. The van der Waals surface area contributed by atoms with Crippen molar-refractivity contribution in [1.29, 1.82) is 0 Å². The first-order valence-electron chi connectivity index (χ1n) is 11.4. The zero-order chi connectivity index (χ0) is 24.9. The molecule has 0 spiro atoms. The van der Waals surface area contributed by atoms with Gasteiger partial charge in [0.15, 0.2) is 10.9 Å². The summed E-state index contributed by atoms with van der Waals surface area (Å²) in [6.45, 7) is 6.19. The molecule has 1 aliphatic carbocycles. The van der Waals surface area contributed by atoms with E-state index in [1.165, 1.54) is 17.3 Å². The molecule has 180 valence electrons. The van der Waals surface area contributed by atoms with Crippen LogP contribution in [0.25, 0.3) is 0 Å². The number of hydrogen-bond acceptors (Lipinski definition) is 5. The first-order valence-corrected chi connectivity index (χ1v) is 13.2. The molecule has 0 saturated heterocycles. The molecule has 0 amide bonds. The Morgan fingerprint density at radius 3 is 2.57 bits per heavy atom. The normalized spacial score (nSPS) is 18.7. The van der Waals surface area contributed by atoms with Crippen molar-refractivity contribution in [3.63, 3.8) is 0 Å². The number of carbonyl (C=O) groups is 1. The predicted molar refractivity (Wildman–Crippen MR) is 143 cm³/mol. The fourth-order valence-corrected chi connectivity index (χ4v) is 6.09. The van der Waals surface area contributed by atoms with Crippen LogP contribution in [-0.4, -0.2) is 15.8 Å². The van der Waals surface area contributed by atoms with Gasteiger partial charge in [-0.15, -0.1) is 0 Å². The van der Waals surface area contributed by atoms with Crippen LogP contribution in [0.2, 0.25) is 10.0 Å². The second-order valence-electron chi connectivity index (χ2n) is 9.94. The number of nitrogens with zero attached hydrogens (tertiary/aromatic N) is 1. The Kier molecular flexibility index (Phi) is 6.32. The molecule has 2 aromatic carbocycles. The average Bonchev–Trinajstić information content (AvgIpc) is 2.78. The maximum Gasteiger partial charge on any atom is 0.257 e. The Morgan fingerprint density at radius 2 is 1.83 bits per heavy atom. The van der Waals surface area contributed by atoms with Crippen LogP contribution in [0.5, 0.6) is 0 Å². The Balaban J connectivity index is 1.61. The lowest BCUT2D eigenvalue weighted by Crippen LogP contribution is -2.37. The minimum Gasteiger partial charge on any atom is -0.343 e. The fraction of sp³-hybridized carbons (Fsp3) is 0.296. The standard InChI is InChI=1S/C27H25Cl2N3O2S/c1-14-7-9-15(10-8-14)13-35-26-31-24-22(25(34)32-26)20(16-5-4-6-17(28)23(16)29)21-18(30-24)11-27(2,3)12-19(21)33/h4-10,20H,11-13H2,1-3H3,(H2,30,31,32,34). The van der Waals surface area contributed by atoms with Crippen LogP contribution in [0.3, 0.4) is 0 Å². The fourth-order valence-electron chi connectivity index (χ4n) is 4.85. The smallest absolute Gasteiger partial charge is 0.257 e. The van der Waals surface area contributed by atoms with Crippen LogP contribution in [-0.2, 0) is 10.5 Å². The van der Waals surface area contributed by atoms with Gasteiger partial charge in [0, 0.05) is 29.4 Å². The number of aromatic amines is 1. The van der Waals surface area contributed by atoms with Gasteiger partial charge >= 0.3 is 0 Å². The van der Waals surface area contributed by atoms with Gasteiger partial charge in [-0.2, -0.15) is 0 Å². The number of hydrogen-bond donors (Lipinski definition) is 2. The van der Waals surface area contributed by atoms with Crippen molar-refractivity contribution in [1.82, 2.24) is 9.97 Å². The number of aromatic nitrogens is 2. The monoisotopic (exact) mass is 525 g/mol. The van der Waals surface area contributed by atoms with Crippen molar-refractivity contribution >= 4 is 46.6 Å². The number of benzene rings is 2. The number of nitrogens with one attached hydrogen (secondary N) is 2. The van der Waals surface area contributed by atoms with E-state index in [-0.39, 0.29) is 16.8 Å². The largest absolute Gasteiger partial charge is 0.343 e. The molecule has 2 N–H and O–H groups in total. The summed E-state index contributed by atoms with van der Waals surface area (Å²) in [7, 11) is 0. The second kappa shape index (κ2) is 9.16. The lowest BCUT2D eigenvalue weighted by Gasteiger charge is -2.38. The molecule has 1 unspecified atom stereocenters. The number of carbonyl (C=O) groups excluding carboxylic acids is 1. The van der Waals surface area contributed by atoms with Gasteiger partial charge in [0.1, 0.15) is 5.82 Å². The highest BCUT2D eigenvalue weighted by Gasteiger charge is 2.43. The van der Waals surface area contributed by atoms with Gasteiger partial charge in [0.25, 0.3) is 5.56 Å². The van der Waals surface area contributed by atoms with E-state index in [0.29, 0.717) is 56.3 Å². The second-order valence-corrected chi connectivity index (χ2v) is 11.7. The number of halogens is 2. The van der Waals surface area contributed by atoms with E-state index in [1.807, 2.05) is 13.0 Å². The van der Waals surface area contributed by atoms with Gasteiger partial charge in [0.05, 0.1) is 15.6 Å². The van der Waals surface area contributed by atoms with Gasteiger partial charge < -0.3 is 10.3 Å². The van der Waals surface area contributed by atoms with E-state index < -0.39 is 5.92 Å². The summed E-state index contributed by atoms with van der Waals surface area (Å²) in [4.78, 5) is 34.6. The van der Waals surface area contributed by atoms with Gasteiger partial charge in [0.2, 0.25) is 0 Å². The van der Waals surface area contributed by atoms with Gasteiger partial charge in [-0.3, -0.25) is 9.59 Å². The molecular formula is C27H25Cl2N3O2S. The lowest BCUT2D eigenvalue weighted by atomic mass is 9.69. The maximum atomic E-state index is 13.5. The molecule has 0 bridgehead atoms. The Bertz CT molecular complexity index is 1430. The highest BCUT2D eigenvalue weighted by molar-refractivity contribution is 7.98. The SMILES string of the molecule is Cc1ccc(CSc2nc3c(c(=O)[nH]2)C(c2cccc(Cl)c2Cl)C2=C(CC(C)(C)CC2=O)N3)cc1. The van der Waals surface area contributed by atoms with Crippen LogP contribution in [0, 0.1) is 12.3 Å². The van der Waals surface area contributed by atoms with E-state index >= 15 is 0 Å². The summed E-state index contributed by atoms with van der Waals surface area (Å²) in [5.74, 6) is 0.506. The van der Waals surface area contributed by atoms with Crippen LogP contribution in [0.4, 0.5) is 5.82 Å². The maximum absolute atomic E-state index is 13.5. The molecule has 2 aliphatic rings. The van der Waals surface area contributed by atoms with Gasteiger partial charge in [-0.25, -0.2) is 4.98 Å². The molecule has 1 atom stereocenters. The number of thioether (sulfide) groups is 1. The number of fused-ring (bicyclic) bond motifs is 1. The summed E-state index contributed by atoms with van der Waals surface area (Å²) >= 11 is 14.4. The molecule has 5 rings (SSSR count). The third-order valence-corrected chi connectivity index (χ3v) is 8.27. The van der Waals surface area contributed by atoms with Crippen LogP contribution in [0.15, 0.2) is 63.7 Å². The lowest BCUT2D eigenvalue weighted by molar-refractivity contribution is -0.118. The summed E-state index contributed by atoms with van der Waals surface area (Å²) in [6.07, 6.45) is 1.07. The van der Waals surface area contributed by atoms with Crippen molar-refractivity contribution in [3.05, 3.63) is 96.4 Å². The van der Waals surface area contributed by atoms with Crippen LogP contribution >= 0.6 is 35.0 Å². The first-order chi connectivity index (χ1) is 16.6. The van der Waals surface area contributed by atoms with Gasteiger partial charge in [-0.1, -0.05) is 90.8 Å². The van der Waals surface area contributed by atoms with Crippen molar-refractivity contribution in [2.45, 2.75) is 50.4 Å². The first kappa shape index (κ1) is 24.2. The number of ketones is 1. The molecule has 35 heavy (non-hydrogen) atoms. The summed E-state index contributed by atoms with van der Waals surface area (Å²) in [6, 6.07) is 13.6. The van der Waals surface area contributed by atoms with E-state index in [9.17, 15) is 9.59 Å². The average molecular weight is 526 g/mol. The number of Topliss-reactive ketones (excluding diaryl/α,β-unsaturated/α-hetero) is 1. The van der Waals surface area contributed by atoms with E-state index in [0.717, 1.165) is 11.3 Å². The van der Waals surface area contributed by atoms with Crippen molar-refractivity contribution in [2.24, 2.45) is 5.41 Å². The van der Waals surface area contributed by atoms with Crippen molar-refractivity contribution in [2.75, 3.05) is 5.32 Å². The zero-order valence-corrected chi connectivity index (χ0v) is 22.0. The number of allylic oxidation sites excluding steroid dienone is 2. The molecule has 0 fully saturated rings. The number of aryl methyl sites for hydroxylation is 1. The van der Waals surface area contributed by atoms with Gasteiger partial charge in [-0.05, 0) is 36.0 Å². The molecule has 0 radical (unpaired) electrons. The third-order valence-electron chi connectivity index (χ3n) is 6.49. The number of H-pyrrole nitrogens is 1. The zero-order valence-electron chi connectivity index (χ0n) is 19.7. The molecule has 0 saturated carbocycles. The number of anilines is 1. The molecule has 1 aromatic heterocycles. The third kappa shape index (κ3) is 4.67. The Morgan fingerprint density at radius 1 is 1.09 bits per heavy atom. The molecule has 1 aliphatic heterocycles. The molecule has 8 heteroatoms. The molecule has 3 aromatic rings. The molecular weight excluding hydrogens is 501 g/mol. The quantitative estimate of drug-likeness (QED) is 0.286. The minimum atomic E-state index is -0.636. The molecule has 5 nitrogen and oxygen atoms in total. The number of rotatable bonds is 4. The van der Waals surface area contributed by atoms with Crippen LogP contribution in [0.1, 0.15) is 54.9 Å². The highest BCUT2D eigenvalue weighted by atomic mass is 35.5. The highest BCUT2D eigenvalue weighted by Crippen LogP contribution is 2.49. The summed E-state index contributed by atoms with van der Waals surface area (Å²) in [5, 5.41) is 4.58.